The molecule has 30 heavy (non-hydrogen) atoms. The summed E-state index contributed by atoms with van der Waals surface area (Å²) in [5.74, 6) is -0.661. The van der Waals surface area contributed by atoms with Crippen LogP contribution in [-0.2, 0) is 10.0 Å². The number of piperazine rings is 1. The van der Waals surface area contributed by atoms with Crippen molar-refractivity contribution in [2.24, 2.45) is 4.40 Å². The summed E-state index contributed by atoms with van der Waals surface area (Å²) in [5, 5.41) is 11.8. The molecule has 0 unspecified atom stereocenters. The van der Waals surface area contributed by atoms with Gasteiger partial charge in [-0.3, -0.25) is 9.69 Å². The second-order valence-electron chi connectivity index (χ2n) is 7.01. The third-order valence-electron chi connectivity index (χ3n) is 5.02. The van der Waals surface area contributed by atoms with E-state index in [0.29, 0.717) is 37.3 Å². The maximum absolute atomic E-state index is 14.1. The highest BCUT2D eigenvalue weighted by molar-refractivity contribution is 7.90. The van der Waals surface area contributed by atoms with E-state index in [0.717, 1.165) is 0 Å². The topological polar surface area (TPSA) is 106 Å². The van der Waals surface area contributed by atoms with Crippen LogP contribution in [0.5, 0.6) is 0 Å². The standard InChI is InChI=1S/C20H18FN5O3S/c21-16-5-2-6-17-19(16)23-18(24-30(17,28)29)13-25-7-9-26(10-8-25)20(27)15-4-1-3-14(11-15)12-22/h1-6,11H,7-10,13H2,(H,23,24). The largest absolute Gasteiger partial charge is 0.338 e. The van der Waals surface area contributed by atoms with Crippen LogP contribution in [0, 0.1) is 17.1 Å². The molecular weight excluding hydrogens is 409 g/mol. The van der Waals surface area contributed by atoms with E-state index in [1.165, 1.54) is 18.2 Å². The molecule has 2 aromatic carbocycles. The fourth-order valence-electron chi connectivity index (χ4n) is 3.50. The first-order valence-corrected chi connectivity index (χ1v) is 10.7. The van der Waals surface area contributed by atoms with Crippen molar-refractivity contribution in [3.8, 4) is 6.07 Å². The number of hydrogen-bond donors (Lipinski definition) is 1. The molecule has 0 bridgehead atoms. The van der Waals surface area contributed by atoms with Crippen LogP contribution in [0.3, 0.4) is 0 Å². The van der Waals surface area contributed by atoms with E-state index in [9.17, 15) is 17.6 Å². The Morgan fingerprint density at radius 2 is 1.90 bits per heavy atom. The summed E-state index contributed by atoms with van der Waals surface area (Å²) in [6.07, 6.45) is 0. The van der Waals surface area contributed by atoms with E-state index in [2.05, 4.69) is 9.71 Å². The molecule has 2 aliphatic rings. The zero-order chi connectivity index (χ0) is 21.3. The first-order chi connectivity index (χ1) is 14.4. The van der Waals surface area contributed by atoms with E-state index in [4.69, 9.17) is 5.26 Å². The Hall–Kier alpha value is -3.29. The van der Waals surface area contributed by atoms with E-state index in [-0.39, 0.29) is 28.9 Å². The number of nitrogens with zero attached hydrogens (tertiary/aromatic N) is 4. The lowest BCUT2D eigenvalue weighted by Gasteiger charge is -2.35. The first-order valence-electron chi connectivity index (χ1n) is 9.28. The van der Waals surface area contributed by atoms with Crippen molar-refractivity contribution in [3.63, 3.8) is 0 Å². The van der Waals surface area contributed by atoms with Crippen molar-refractivity contribution >= 4 is 27.5 Å². The molecule has 0 radical (unpaired) electrons. The number of anilines is 1. The molecule has 1 saturated heterocycles. The second kappa shape index (κ2) is 7.85. The SMILES string of the molecule is N#Cc1cccc(C(=O)N2CCN(CC3=NS(=O)(=O)c4cccc(F)c4N3)CC2)c1. The number of carbonyl (C=O) groups excluding carboxylic acids is 1. The van der Waals surface area contributed by atoms with Gasteiger partial charge in [0.1, 0.15) is 16.5 Å². The summed E-state index contributed by atoms with van der Waals surface area (Å²) in [7, 11) is -3.96. The molecule has 2 aromatic rings. The van der Waals surface area contributed by atoms with Gasteiger partial charge < -0.3 is 10.2 Å². The monoisotopic (exact) mass is 427 g/mol. The quantitative estimate of drug-likeness (QED) is 0.799. The lowest BCUT2D eigenvalue weighted by Crippen LogP contribution is -2.50. The van der Waals surface area contributed by atoms with Crippen molar-refractivity contribution in [3.05, 3.63) is 59.4 Å². The fourth-order valence-corrected chi connectivity index (χ4v) is 4.64. The minimum atomic E-state index is -3.96. The zero-order valence-electron chi connectivity index (χ0n) is 15.9. The van der Waals surface area contributed by atoms with Crippen LogP contribution in [-0.4, -0.2) is 62.7 Å². The molecule has 0 saturated carbocycles. The number of nitriles is 1. The van der Waals surface area contributed by atoms with Gasteiger partial charge in [0.05, 0.1) is 23.9 Å². The highest BCUT2D eigenvalue weighted by atomic mass is 32.2. The van der Waals surface area contributed by atoms with Crippen LogP contribution in [0.2, 0.25) is 0 Å². The minimum absolute atomic E-state index is 0.0892. The van der Waals surface area contributed by atoms with Gasteiger partial charge in [0.2, 0.25) is 0 Å². The molecule has 2 heterocycles. The smallest absolute Gasteiger partial charge is 0.286 e. The number of hydrogen-bond acceptors (Lipinski definition) is 6. The molecule has 0 atom stereocenters. The van der Waals surface area contributed by atoms with Gasteiger partial charge in [-0.1, -0.05) is 12.1 Å². The number of nitrogens with one attached hydrogen (secondary N) is 1. The summed E-state index contributed by atoms with van der Waals surface area (Å²) in [6, 6.07) is 12.4. The number of benzene rings is 2. The van der Waals surface area contributed by atoms with Crippen molar-refractivity contribution in [1.82, 2.24) is 9.80 Å². The number of carbonyl (C=O) groups is 1. The molecule has 0 aromatic heterocycles. The van der Waals surface area contributed by atoms with Crippen LogP contribution < -0.4 is 5.32 Å². The molecule has 1 amide bonds. The summed E-state index contributed by atoms with van der Waals surface area (Å²) >= 11 is 0. The van der Waals surface area contributed by atoms with Gasteiger partial charge in [-0.15, -0.1) is 4.40 Å². The average molecular weight is 427 g/mol. The van der Waals surface area contributed by atoms with E-state index < -0.39 is 15.8 Å². The summed E-state index contributed by atoms with van der Waals surface area (Å²) < 4.78 is 42.5. The Bertz CT molecular complexity index is 1180. The van der Waals surface area contributed by atoms with Crippen LogP contribution in [0.1, 0.15) is 15.9 Å². The van der Waals surface area contributed by atoms with Gasteiger partial charge in [-0.25, -0.2) is 4.39 Å². The molecule has 10 heteroatoms. The predicted molar refractivity (Wildman–Crippen MR) is 108 cm³/mol. The Labute approximate surface area is 173 Å². The zero-order valence-corrected chi connectivity index (χ0v) is 16.7. The van der Waals surface area contributed by atoms with Crippen LogP contribution >= 0.6 is 0 Å². The molecule has 1 fully saturated rings. The lowest BCUT2D eigenvalue weighted by atomic mass is 10.1. The van der Waals surface area contributed by atoms with Gasteiger partial charge in [0, 0.05) is 31.7 Å². The summed E-state index contributed by atoms with van der Waals surface area (Å²) in [6.45, 7) is 2.10. The maximum Gasteiger partial charge on any atom is 0.286 e. The average Bonchev–Trinajstić information content (AvgIpc) is 2.74. The number of amides is 1. The minimum Gasteiger partial charge on any atom is -0.338 e. The van der Waals surface area contributed by atoms with Crippen molar-refractivity contribution in [2.75, 3.05) is 38.0 Å². The molecule has 154 valence electrons. The molecule has 4 rings (SSSR count). The number of rotatable bonds is 3. The number of sulfonamides is 1. The summed E-state index contributed by atoms with van der Waals surface area (Å²) in [4.78, 5) is 16.1. The van der Waals surface area contributed by atoms with Crippen LogP contribution in [0.25, 0.3) is 0 Å². The van der Waals surface area contributed by atoms with Gasteiger partial charge in [0.25, 0.3) is 15.9 Å². The highest BCUT2D eigenvalue weighted by Crippen LogP contribution is 2.29. The first kappa shape index (κ1) is 20.0. The van der Waals surface area contributed by atoms with Gasteiger partial charge in [0.15, 0.2) is 0 Å². The number of amidine groups is 1. The molecular formula is C20H18FN5O3S. The fraction of sp³-hybridized carbons (Fsp3) is 0.250. The van der Waals surface area contributed by atoms with Gasteiger partial charge in [-0.2, -0.15) is 13.7 Å². The highest BCUT2D eigenvalue weighted by Gasteiger charge is 2.29. The number of halogens is 1. The Balaban J connectivity index is 1.41. The second-order valence-corrected chi connectivity index (χ2v) is 8.58. The number of para-hydroxylation sites is 1. The lowest BCUT2D eigenvalue weighted by molar-refractivity contribution is 0.0654. The van der Waals surface area contributed by atoms with Crippen molar-refractivity contribution in [1.29, 1.82) is 5.26 Å². The molecule has 0 spiro atoms. The van der Waals surface area contributed by atoms with Gasteiger partial charge in [-0.05, 0) is 30.3 Å². The Morgan fingerprint density at radius 3 is 2.63 bits per heavy atom. The van der Waals surface area contributed by atoms with Crippen LogP contribution in [0.4, 0.5) is 10.1 Å². The third-order valence-corrected chi connectivity index (χ3v) is 6.38. The van der Waals surface area contributed by atoms with Gasteiger partial charge >= 0.3 is 0 Å². The third kappa shape index (κ3) is 3.90. The van der Waals surface area contributed by atoms with Crippen molar-refractivity contribution < 1.29 is 17.6 Å². The van der Waals surface area contributed by atoms with Crippen molar-refractivity contribution in [2.45, 2.75) is 4.90 Å². The van der Waals surface area contributed by atoms with E-state index in [1.807, 2.05) is 11.0 Å². The van der Waals surface area contributed by atoms with E-state index in [1.54, 1.807) is 29.2 Å². The summed E-state index contributed by atoms with van der Waals surface area (Å²) in [5.41, 5.74) is 0.794. The Morgan fingerprint density at radius 1 is 1.17 bits per heavy atom. The van der Waals surface area contributed by atoms with E-state index >= 15 is 0 Å². The molecule has 8 nitrogen and oxygen atoms in total. The number of fused-ring (bicyclic) bond motifs is 1. The van der Waals surface area contributed by atoms with Crippen LogP contribution in [0.15, 0.2) is 51.8 Å². The Kier molecular flexibility index (Phi) is 5.24. The molecule has 0 aliphatic carbocycles. The predicted octanol–water partition coefficient (Wildman–Crippen LogP) is 1.67. The normalized spacial score (nSPS) is 18.0. The maximum atomic E-state index is 14.1. The molecule has 2 aliphatic heterocycles. The molecule has 1 N–H and O–H groups in total.